The van der Waals surface area contributed by atoms with Crippen molar-refractivity contribution in [2.45, 2.75) is 30.7 Å². The van der Waals surface area contributed by atoms with Gasteiger partial charge in [0.25, 0.3) is 5.56 Å². The number of hydrogen-bond donors (Lipinski definition) is 4. The van der Waals surface area contributed by atoms with Gasteiger partial charge in [0.15, 0.2) is 0 Å². The molecule has 2 aromatic carbocycles. The van der Waals surface area contributed by atoms with Crippen LogP contribution in [0.4, 0.5) is 20.6 Å². The van der Waals surface area contributed by atoms with E-state index in [-0.39, 0.29) is 32.9 Å². The van der Waals surface area contributed by atoms with E-state index in [1.165, 1.54) is 41.9 Å². The first-order valence-corrected chi connectivity index (χ1v) is 12.6. The first-order valence-electron chi connectivity index (χ1n) is 11.1. The Morgan fingerprint density at radius 1 is 1.23 bits per heavy atom. The number of hydrogen-bond acceptors (Lipinski definition) is 6. The van der Waals surface area contributed by atoms with E-state index in [9.17, 15) is 27.5 Å². The van der Waals surface area contributed by atoms with Gasteiger partial charge in [-0.2, -0.15) is 0 Å². The Morgan fingerprint density at radius 2 is 2.00 bits per heavy atom. The fourth-order valence-corrected chi connectivity index (χ4v) is 5.57. The molecule has 1 aliphatic carbocycles. The zero-order valence-electron chi connectivity index (χ0n) is 18.8. The Hall–Kier alpha value is -3.86. The first-order chi connectivity index (χ1) is 16.7. The van der Waals surface area contributed by atoms with Crippen LogP contribution in [0, 0.1) is 11.7 Å². The molecule has 5 rings (SSSR count). The third-order valence-electron chi connectivity index (χ3n) is 6.24. The van der Waals surface area contributed by atoms with Crippen molar-refractivity contribution in [2.24, 2.45) is 5.92 Å². The number of benzene rings is 2. The van der Waals surface area contributed by atoms with E-state index in [4.69, 9.17) is 0 Å². The van der Waals surface area contributed by atoms with Crippen LogP contribution in [0.2, 0.25) is 0 Å². The highest BCUT2D eigenvalue weighted by Crippen LogP contribution is 2.39. The highest BCUT2D eigenvalue weighted by molar-refractivity contribution is 7.94. The molecule has 0 radical (unpaired) electrons. The molecule has 11 heteroatoms. The van der Waals surface area contributed by atoms with E-state index in [1.807, 2.05) is 0 Å². The number of aromatic hydroxyl groups is 1. The zero-order valence-corrected chi connectivity index (χ0v) is 19.6. The molecule has 0 spiro atoms. The van der Waals surface area contributed by atoms with E-state index in [0.717, 1.165) is 30.7 Å². The number of sulfone groups is 1. The van der Waals surface area contributed by atoms with Gasteiger partial charge in [-0.1, -0.05) is 12.8 Å². The number of aromatic nitrogens is 1. The van der Waals surface area contributed by atoms with Crippen molar-refractivity contribution in [1.29, 1.82) is 0 Å². The minimum absolute atomic E-state index is 0.101. The molecular formula is C24H23FN4O5S. The normalized spacial score (nSPS) is 16.2. The molecule has 0 unspecified atom stereocenters. The lowest BCUT2D eigenvalue weighted by Crippen LogP contribution is -2.27. The number of urea groups is 1. The maximum absolute atomic E-state index is 14.1. The second-order valence-electron chi connectivity index (χ2n) is 8.69. The van der Waals surface area contributed by atoms with Gasteiger partial charge in [0.2, 0.25) is 9.84 Å². The zero-order chi connectivity index (χ0) is 24.9. The van der Waals surface area contributed by atoms with E-state index in [0.29, 0.717) is 18.0 Å². The number of amides is 2. The average Bonchev–Trinajstić information content (AvgIpc) is 3.64. The third-order valence-corrected chi connectivity index (χ3v) is 7.74. The maximum Gasteiger partial charge on any atom is 0.318 e. The summed E-state index contributed by atoms with van der Waals surface area (Å²) >= 11 is 0. The number of carbonyl (C=O) groups excluding carboxylic acids is 1. The second-order valence-corrected chi connectivity index (χ2v) is 10.5. The van der Waals surface area contributed by atoms with Crippen LogP contribution >= 0.6 is 0 Å². The van der Waals surface area contributed by atoms with Crippen LogP contribution in [-0.2, 0) is 16.4 Å². The second kappa shape index (κ2) is 8.42. The maximum atomic E-state index is 14.1. The SMILES string of the molecule is CNC(=O)Nc1ccc2c(c1)S(=O)(=O)C=C(c1c(O)c3cc(F)ccc3n(CCC3CC3)c1=O)N2. The summed E-state index contributed by atoms with van der Waals surface area (Å²) in [5.74, 6) is -0.570. The molecule has 1 aliphatic heterocycles. The molecule has 4 N–H and O–H groups in total. The van der Waals surface area contributed by atoms with Crippen molar-refractivity contribution in [1.82, 2.24) is 9.88 Å². The minimum Gasteiger partial charge on any atom is -0.506 e. The fourth-order valence-electron chi connectivity index (χ4n) is 4.24. The Morgan fingerprint density at radius 3 is 2.71 bits per heavy atom. The van der Waals surface area contributed by atoms with Gasteiger partial charge in [-0.3, -0.25) is 4.79 Å². The molecule has 182 valence electrons. The summed E-state index contributed by atoms with van der Waals surface area (Å²) in [6.07, 6.45) is 2.93. The summed E-state index contributed by atoms with van der Waals surface area (Å²) in [7, 11) is -2.63. The van der Waals surface area contributed by atoms with Crippen molar-refractivity contribution in [2.75, 3.05) is 17.7 Å². The number of carbonyl (C=O) groups is 1. The van der Waals surface area contributed by atoms with Crippen molar-refractivity contribution >= 4 is 43.8 Å². The van der Waals surface area contributed by atoms with E-state index >= 15 is 0 Å². The lowest BCUT2D eigenvalue weighted by atomic mass is 10.1. The van der Waals surface area contributed by atoms with Gasteiger partial charge in [-0.05, 0) is 48.7 Å². The number of fused-ring (bicyclic) bond motifs is 2. The van der Waals surface area contributed by atoms with Gasteiger partial charge in [0, 0.05) is 24.7 Å². The Kier molecular flexibility index (Phi) is 5.51. The number of pyridine rings is 1. The first kappa shape index (κ1) is 22.9. The van der Waals surface area contributed by atoms with Crippen LogP contribution in [0.3, 0.4) is 0 Å². The van der Waals surface area contributed by atoms with Crippen molar-refractivity contribution in [3.05, 3.63) is 63.5 Å². The molecule has 1 saturated carbocycles. The number of nitrogens with one attached hydrogen (secondary N) is 3. The number of rotatable bonds is 5. The summed E-state index contributed by atoms with van der Waals surface area (Å²) < 4.78 is 41.8. The summed E-state index contributed by atoms with van der Waals surface area (Å²) in [6.45, 7) is 0.365. The lowest BCUT2D eigenvalue weighted by molar-refractivity contribution is 0.254. The van der Waals surface area contributed by atoms with Gasteiger partial charge < -0.3 is 25.6 Å². The number of nitrogens with zero attached hydrogens (tertiary/aromatic N) is 1. The number of aryl methyl sites for hydroxylation is 1. The van der Waals surface area contributed by atoms with Gasteiger partial charge in [-0.25, -0.2) is 17.6 Å². The number of halogens is 1. The molecule has 0 atom stereocenters. The van der Waals surface area contributed by atoms with E-state index in [2.05, 4.69) is 16.0 Å². The van der Waals surface area contributed by atoms with Gasteiger partial charge >= 0.3 is 6.03 Å². The van der Waals surface area contributed by atoms with Crippen LogP contribution in [-0.4, -0.2) is 31.2 Å². The predicted molar refractivity (Wildman–Crippen MR) is 130 cm³/mol. The Labute approximate surface area is 200 Å². The molecule has 3 aromatic rings. The van der Waals surface area contributed by atoms with Crippen LogP contribution in [0.15, 0.2) is 51.5 Å². The Bertz CT molecular complexity index is 1580. The lowest BCUT2D eigenvalue weighted by Gasteiger charge is -2.22. The van der Waals surface area contributed by atoms with Crippen molar-refractivity contribution in [3.63, 3.8) is 0 Å². The van der Waals surface area contributed by atoms with Crippen LogP contribution in [0.1, 0.15) is 24.8 Å². The number of anilines is 2. The fraction of sp³-hybridized carbons (Fsp3) is 0.250. The minimum atomic E-state index is -4.06. The quantitative estimate of drug-likeness (QED) is 0.425. The van der Waals surface area contributed by atoms with E-state index in [1.54, 1.807) is 0 Å². The molecule has 1 aromatic heterocycles. The molecule has 0 bridgehead atoms. The average molecular weight is 499 g/mol. The van der Waals surface area contributed by atoms with Crippen LogP contribution < -0.4 is 21.5 Å². The van der Waals surface area contributed by atoms with Gasteiger partial charge in [0.1, 0.15) is 17.1 Å². The molecule has 9 nitrogen and oxygen atoms in total. The van der Waals surface area contributed by atoms with E-state index < -0.39 is 33.0 Å². The predicted octanol–water partition coefficient (Wildman–Crippen LogP) is 3.60. The third kappa shape index (κ3) is 4.23. The van der Waals surface area contributed by atoms with Crippen molar-refractivity contribution in [3.8, 4) is 5.75 Å². The largest absolute Gasteiger partial charge is 0.506 e. The van der Waals surface area contributed by atoms with Crippen LogP contribution in [0.5, 0.6) is 5.75 Å². The molecular weight excluding hydrogens is 475 g/mol. The highest BCUT2D eigenvalue weighted by Gasteiger charge is 2.29. The summed E-state index contributed by atoms with van der Waals surface area (Å²) in [5.41, 5.74) is -0.121. The Balaban J connectivity index is 1.64. The molecule has 0 saturated heterocycles. The molecule has 35 heavy (non-hydrogen) atoms. The summed E-state index contributed by atoms with van der Waals surface area (Å²) in [5, 5.41) is 19.8. The molecule has 1 fully saturated rings. The van der Waals surface area contributed by atoms with Crippen molar-refractivity contribution < 1.29 is 22.7 Å². The molecule has 2 heterocycles. The molecule has 2 amide bonds. The topological polar surface area (TPSA) is 130 Å². The highest BCUT2D eigenvalue weighted by atomic mass is 32.2. The monoisotopic (exact) mass is 498 g/mol. The molecule has 2 aliphatic rings. The van der Waals surface area contributed by atoms with Crippen LogP contribution in [0.25, 0.3) is 16.6 Å². The summed E-state index contributed by atoms with van der Waals surface area (Å²) in [6, 6.07) is 7.53. The van der Waals surface area contributed by atoms with Gasteiger partial charge in [-0.15, -0.1) is 0 Å². The smallest absolute Gasteiger partial charge is 0.318 e. The summed E-state index contributed by atoms with van der Waals surface area (Å²) in [4.78, 5) is 25.0. The standard InChI is InChI=1S/C24H23FN4O5S/c1-26-24(32)27-15-5-6-17-20(11-15)35(33,34)12-18(28-17)21-22(30)16-10-14(25)4-7-19(16)29(23(21)31)9-8-13-2-3-13/h4-7,10-13,28,30H,2-3,8-9H2,1H3,(H2,26,27,32). The van der Waals surface area contributed by atoms with Gasteiger partial charge in [0.05, 0.1) is 27.2 Å².